The highest BCUT2D eigenvalue weighted by Gasteiger charge is 2.33. The number of hydrogen-bond donors (Lipinski definition) is 8. The van der Waals surface area contributed by atoms with Gasteiger partial charge in [-0.2, -0.15) is 0 Å². The number of carboxylic acid groups (broad SMARTS) is 2. The molecular weight excluding hydrogens is 478 g/mol. The van der Waals surface area contributed by atoms with Gasteiger partial charge >= 0.3 is 11.9 Å². The van der Waals surface area contributed by atoms with Crippen LogP contribution < -0.4 is 27.4 Å². The minimum Gasteiger partial charge on any atom is -0.481 e. The molecular formula is C21H33N7O8. The van der Waals surface area contributed by atoms with Crippen molar-refractivity contribution in [1.82, 2.24) is 25.9 Å². The van der Waals surface area contributed by atoms with E-state index in [0.717, 1.165) is 0 Å². The molecule has 4 amide bonds. The van der Waals surface area contributed by atoms with E-state index in [0.29, 0.717) is 12.1 Å². The minimum absolute atomic E-state index is 0.0865. The largest absolute Gasteiger partial charge is 0.481 e. The number of hydrogen-bond acceptors (Lipinski definition) is 8. The summed E-state index contributed by atoms with van der Waals surface area (Å²) < 4.78 is 0. The minimum atomic E-state index is -1.49. The molecule has 1 aromatic rings. The maximum Gasteiger partial charge on any atom is 0.326 e. The van der Waals surface area contributed by atoms with Crippen molar-refractivity contribution in [2.24, 2.45) is 17.4 Å². The fraction of sp³-hybridized carbons (Fsp3) is 0.571. The lowest BCUT2D eigenvalue weighted by Crippen LogP contribution is -2.59. The van der Waals surface area contributed by atoms with Crippen LogP contribution in [0.3, 0.4) is 0 Å². The van der Waals surface area contributed by atoms with Gasteiger partial charge in [-0.25, -0.2) is 9.78 Å². The van der Waals surface area contributed by atoms with Crippen LogP contribution in [0.2, 0.25) is 0 Å². The van der Waals surface area contributed by atoms with E-state index in [1.165, 1.54) is 12.5 Å². The van der Waals surface area contributed by atoms with E-state index in [4.69, 9.17) is 16.6 Å². The van der Waals surface area contributed by atoms with Gasteiger partial charge in [-0.1, -0.05) is 20.3 Å². The summed E-state index contributed by atoms with van der Waals surface area (Å²) in [7, 11) is 0. The smallest absolute Gasteiger partial charge is 0.326 e. The molecule has 5 unspecified atom stereocenters. The zero-order valence-corrected chi connectivity index (χ0v) is 20.0. The molecule has 1 heterocycles. The van der Waals surface area contributed by atoms with Gasteiger partial charge in [-0.15, -0.1) is 0 Å². The Kier molecular flexibility index (Phi) is 12.0. The summed E-state index contributed by atoms with van der Waals surface area (Å²) in [6, 6.07) is -5.30. The highest BCUT2D eigenvalue weighted by Crippen LogP contribution is 2.10. The van der Waals surface area contributed by atoms with E-state index in [1.54, 1.807) is 13.8 Å². The van der Waals surface area contributed by atoms with Crippen molar-refractivity contribution < 1.29 is 39.0 Å². The molecule has 1 rings (SSSR count). The average molecular weight is 512 g/mol. The van der Waals surface area contributed by atoms with E-state index in [1.807, 2.05) is 0 Å². The molecule has 15 nitrogen and oxygen atoms in total. The lowest BCUT2D eigenvalue weighted by atomic mass is 9.97. The molecule has 15 heteroatoms. The Hall–Kier alpha value is -4.01. The lowest BCUT2D eigenvalue weighted by molar-refractivity contribution is -0.143. The normalized spacial score (nSPS) is 15.0. The Morgan fingerprint density at radius 1 is 1.03 bits per heavy atom. The summed E-state index contributed by atoms with van der Waals surface area (Å²) in [6.07, 6.45) is 1.89. The molecule has 0 spiro atoms. The molecule has 0 aromatic carbocycles. The van der Waals surface area contributed by atoms with Crippen LogP contribution in [0.15, 0.2) is 12.5 Å². The average Bonchev–Trinajstić information content (AvgIpc) is 3.31. The molecule has 0 aliphatic heterocycles. The van der Waals surface area contributed by atoms with Gasteiger partial charge in [0.25, 0.3) is 0 Å². The zero-order valence-electron chi connectivity index (χ0n) is 20.0. The maximum absolute atomic E-state index is 13.0. The molecule has 0 bridgehead atoms. The first-order chi connectivity index (χ1) is 16.8. The second-order valence-corrected chi connectivity index (χ2v) is 8.32. The van der Waals surface area contributed by atoms with Gasteiger partial charge in [-0.05, 0) is 12.3 Å². The molecule has 0 radical (unpaired) electrons. The van der Waals surface area contributed by atoms with Gasteiger partial charge in [0.2, 0.25) is 23.6 Å². The first kappa shape index (κ1) is 30.0. The Morgan fingerprint density at radius 2 is 1.67 bits per heavy atom. The van der Waals surface area contributed by atoms with Gasteiger partial charge < -0.3 is 42.6 Å². The molecule has 0 saturated carbocycles. The number of primary amides is 1. The summed E-state index contributed by atoms with van der Waals surface area (Å²) in [5.74, 6) is -6.45. The van der Waals surface area contributed by atoms with E-state index < -0.39 is 72.1 Å². The van der Waals surface area contributed by atoms with Crippen molar-refractivity contribution in [3.63, 3.8) is 0 Å². The topological polar surface area (TPSA) is 260 Å². The highest BCUT2D eigenvalue weighted by atomic mass is 16.4. The third-order valence-electron chi connectivity index (χ3n) is 5.43. The van der Waals surface area contributed by atoms with Gasteiger partial charge in [0.15, 0.2) is 0 Å². The zero-order chi connectivity index (χ0) is 27.4. The van der Waals surface area contributed by atoms with Crippen LogP contribution in [0.5, 0.6) is 0 Å². The standard InChI is InChI=1S/C21H33N7O8/c1-3-10(2)17(20(34)27-14(21(35)36)6-11-8-24-9-25-11)28-19(33)13(7-15(23)29)26-18(32)12(22)4-5-16(30)31/h8-10,12-14,17H,3-7,22H2,1-2H3,(H2,23,29)(H,24,25)(H,26,32)(H,27,34)(H,28,33)(H,30,31)(H,35,36). The molecule has 0 aliphatic carbocycles. The highest BCUT2D eigenvalue weighted by molar-refractivity contribution is 5.96. The van der Waals surface area contributed by atoms with E-state index in [-0.39, 0.29) is 19.3 Å². The fourth-order valence-electron chi connectivity index (χ4n) is 3.13. The molecule has 36 heavy (non-hydrogen) atoms. The number of nitrogens with two attached hydrogens (primary N) is 2. The quantitative estimate of drug-likeness (QED) is 0.117. The van der Waals surface area contributed by atoms with Gasteiger partial charge in [-0.3, -0.25) is 24.0 Å². The summed E-state index contributed by atoms with van der Waals surface area (Å²) in [5.41, 5.74) is 11.3. The van der Waals surface area contributed by atoms with Crippen molar-refractivity contribution in [3.8, 4) is 0 Å². The number of aromatic nitrogens is 2. The maximum atomic E-state index is 13.0. The fourth-order valence-corrected chi connectivity index (χ4v) is 3.13. The number of nitrogens with one attached hydrogen (secondary N) is 4. The Labute approximate surface area is 206 Å². The third-order valence-corrected chi connectivity index (χ3v) is 5.43. The molecule has 5 atom stereocenters. The molecule has 0 aliphatic rings. The molecule has 0 saturated heterocycles. The summed E-state index contributed by atoms with van der Waals surface area (Å²) in [4.78, 5) is 78.6. The van der Waals surface area contributed by atoms with E-state index in [2.05, 4.69) is 25.9 Å². The van der Waals surface area contributed by atoms with Crippen molar-refractivity contribution >= 4 is 35.6 Å². The van der Waals surface area contributed by atoms with Crippen molar-refractivity contribution in [3.05, 3.63) is 18.2 Å². The number of imidazole rings is 1. The Balaban J connectivity index is 2.99. The van der Waals surface area contributed by atoms with Crippen LogP contribution in [0.4, 0.5) is 0 Å². The molecule has 0 fully saturated rings. The second-order valence-electron chi connectivity index (χ2n) is 8.32. The monoisotopic (exact) mass is 511 g/mol. The number of carbonyl (C=O) groups is 6. The SMILES string of the molecule is CCC(C)C(NC(=O)C(CC(N)=O)NC(=O)C(N)CCC(=O)O)C(=O)NC(Cc1cnc[nH]1)C(=O)O. The number of aliphatic carboxylic acids is 2. The number of H-pyrrole nitrogens is 1. The van der Waals surface area contributed by atoms with Gasteiger partial charge in [0.05, 0.1) is 18.8 Å². The number of aromatic amines is 1. The van der Waals surface area contributed by atoms with Crippen LogP contribution in [-0.4, -0.2) is 79.9 Å². The van der Waals surface area contributed by atoms with Gasteiger partial charge in [0.1, 0.15) is 18.1 Å². The second kappa shape index (κ2) is 14.4. The Morgan fingerprint density at radius 3 is 2.17 bits per heavy atom. The van der Waals surface area contributed by atoms with Crippen molar-refractivity contribution in [2.75, 3.05) is 0 Å². The number of carbonyl (C=O) groups excluding carboxylic acids is 4. The summed E-state index contributed by atoms with van der Waals surface area (Å²) in [6.45, 7) is 3.40. The van der Waals surface area contributed by atoms with Crippen LogP contribution >= 0.6 is 0 Å². The lowest BCUT2D eigenvalue weighted by Gasteiger charge is -2.27. The van der Waals surface area contributed by atoms with Crippen molar-refractivity contribution in [2.45, 2.75) is 70.1 Å². The van der Waals surface area contributed by atoms with Crippen LogP contribution in [0.25, 0.3) is 0 Å². The van der Waals surface area contributed by atoms with Gasteiger partial charge in [0, 0.05) is 24.7 Å². The number of rotatable bonds is 16. The predicted molar refractivity (Wildman–Crippen MR) is 124 cm³/mol. The molecule has 10 N–H and O–H groups in total. The number of amides is 4. The van der Waals surface area contributed by atoms with Crippen LogP contribution in [0.1, 0.15) is 45.2 Å². The first-order valence-corrected chi connectivity index (χ1v) is 11.2. The Bertz CT molecular complexity index is 937. The van der Waals surface area contributed by atoms with E-state index in [9.17, 15) is 33.9 Å². The van der Waals surface area contributed by atoms with Crippen LogP contribution in [0, 0.1) is 5.92 Å². The van der Waals surface area contributed by atoms with Crippen molar-refractivity contribution in [1.29, 1.82) is 0 Å². The van der Waals surface area contributed by atoms with E-state index >= 15 is 0 Å². The first-order valence-electron chi connectivity index (χ1n) is 11.2. The van der Waals surface area contributed by atoms with Crippen LogP contribution in [-0.2, 0) is 35.2 Å². The summed E-state index contributed by atoms with van der Waals surface area (Å²) in [5, 5.41) is 25.3. The summed E-state index contributed by atoms with van der Waals surface area (Å²) >= 11 is 0. The molecule has 200 valence electrons. The number of nitrogens with zero attached hydrogens (tertiary/aromatic N) is 1. The number of carboxylic acids is 2. The predicted octanol–water partition coefficient (Wildman–Crippen LogP) is -2.40. The molecule has 1 aromatic heterocycles. The third kappa shape index (κ3) is 10.1.